The lowest BCUT2D eigenvalue weighted by atomic mass is 10.2. The average molecular weight is 255 g/mol. The van der Waals surface area contributed by atoms with E-state index in [1.165, 1.54) is 12.1 Å². The van der Waals surface area contributed by atoms with E-state index in [4.69, 9.17) is 5.73 Å². The van der Waals surface area contributed by atoms with E-state index in [2.05, 4.69) is 4.98 Å². The van der Waals surface area contributed by atoms with Crippen LogP contribution in [0.5, 0.6) is 0 Å². The van der Waals surface area contributed by atoms with E-state index in [1.54, 1.807) is 6.07 Å². The summed E-state index contributed by atoms with van der Waals surface area (Å²) in [5, 5.41) is 0. The van der Waals surface area contributed by atoms with Gasteiger partial charge in [0.25, 0.3) is 0 Å². The van der Waals surface area contributed by atoms with Crippen LogP contribution in [0.15, 0.2) is 48.5 Å². The van der Waals surface area contributed by atoms with E-state index >= 15 is 0 Å². The fourth-order valence-electron chi connectivity index (χ4n) is 2.23. The first-order valence-electron chi connectivity index (χ1n) is 6.16. The van der Waals surface area contributed by atoms with Crippen LogP contribution in [0.25, 0.3) is 16.7 Å². The molecule has 1 aromatic heterocycles. The fourth-order valence-corrected chi connectivity index (χ4v) is 2.23. The number of benzene rings is 2. The molecule has 0 aliphatic carbocycles. The molecule has 0 fully saturated rings. The maximum Gasteiger partial charge on any atom is 0.131 e. The number of nitrogens with zero attached hydrogens (tertiary/aromatic N) is 2. The number of aromatic nitrogens is 2. The first kappa shape index (κ1) is 11.9. The largest absolute Gasteiger partial charge is 0.322 e. The van der Waals surface area contributed by atoms with Crippen molar-refractivity contribution in [2.24, 2.45) is 5.73 Å². The van der Waals surface area contributed by atoms with Gasteiger partial charge in [0.2, 0.25) is 0 Å². The zero-order valence-corrected chi connectivity index (χ0v) is 10.5. The van der Waals surface area contributed by atoms with Crippen LogP contribution >= 0.6 is 0 Å². The molecule has 3 nitrogen and oxygen atoms in total. The Hall–Kier alpha value is -2.20. The van der Waals surface area contributed by atoms with E-state index in [0.29, 0.717) is 5.52 Å². The molecule has 4 heteroatoms. The quantitative estimate of drug-likeness (QED) is 0.764. The van der Waals surface area contributed by atoms with Crippen molar-refractivity contribution in [3.05, 3.63) is 60.2 Å². The van der Waals surface area contributed by atoms with Gasteiger partial charge in [-0.2, -0.15) is 0 Å². The molecule has 0 amide bonds. The molecule has 0 aliphatic rings. The molecular formula is C15H14FN3. The van der Waals surface area contributed by atoms with E-state index in [9.17, 15) is 4.39 Å². The second kappa shape index (κ2) is 4.48. The normalized spacial score (nSPS) is 12.8. The van der Waals surface area contributed by atoms with E-state index < -0.39 is 0 Å². The zero-order valence-electron chi connectivity index (χ0n) is 10.5. The van der Waals surface area contributed by atoms with Gasteiger partial charge in [0, 0.05) is 11.8 Å². The smallest absolute Gasteiger partial charge is 0.131 e. The Balaban J connectivity index is 2.35. The fraction of sp³-hybridized carbons (Fsp3) is 0.133. The first-order chi connectivity index (χ1) is 9.16. The lowest BCUT2D eigenvalue weighted by Crippen LogP contribution is -2.12. The molecule has 1 atom stereocenters. The van der Waals surface area contributed by atoms with Crippen molar-refractivity contribution < 1.29 is 4.39 Å². The van der Waals surface area contributed by atoms with Crippen molar-refractivity contribution in [3.63, 3.8) is 0 Å². The summed E-state index contributed by atoms with van der Waals surface area (Å²) in [7, 11) is 0. The highest BCUT2D eigenvalue weighted by Gasteiger charge is 2.15. The highest BCUT2D eigenvalue weighted by atomic mass is 19.1. The van der Waals surface area contributed by atoms with Gasteiger partial charge in [0.15, 0.2) is 0 Å². The lowest BCUT2D eigenvalue weighted by Gasteiger charge is -2.11. The molecular weight excluding hydrogens is 241 g/mol. The van der Waals surface area contributed by atoms with Crippen molar-refractivity contribution >= 4 is 11.0 Å². The number of halogens is 1. The number of nitrogens with two attached hydrogens (primary N) is 1. The topological polar surface area (TPSA) is 43.8 Å². The molecule has 3 rings (SSSR count). The number of imidazole rings is 1. The third-order valence-corrected chi connectivity index (χ3v) is 3.06. The van der Waals surface area contributed by atoms with E-state index in [0.717, 1.165) is 17.0 Å². The summed E-state index contributed by atoms with van der Waals surface area (Å²) in [4.78, 5) is 4.45. The van der Waals surface area contributed by atoms with Crippen molar-refractivity contribution in [1.29, 1.82) is 0 Å². The van der Waals surface area contributed by atoms with Crippen molar-refractivity contribution in [1.82, 2.24) is 9.55 Å². The minimum atomic E-state index is -0.290. The molecule has 0 spiro atoms. The lowest BCUT2D eigenvalue weighted by molar-refractivity contribution is 0.629. The van der Waals surface area contributed by atoms with Crippen LogP contribution in [0.1, 0.15) is 18.8 Å². The highest BCUT2D eigenvalue weighted by Crippen LogP contribution is 2.24. The van der Waals surface area contributed by atoms with Gasteiger partial charge in [-0.15, -0.1) is 0 Å². The predicted molar refractivity (Wildman–Crippen MR) is 73.6 cm³/mol. The van der Waals surface area contributed by atoms with Crippen LogP contribution < -0.4 is 5.73 Å². The minimum Gasteiger partial charge on any atom is -0.322 e. The summed E-state index contributed by atoms with van der Waals surface area (Å²) in [6, 6.07) is 14.2. The van der Waals surface area contributed by atoms with Crippen molar-refractivity contribution in [2.75, 3.05) is 0 Å². The Morgan fingerprint density at radius 3 is 2.58 bits per heavy atom. The Bertz CT molecular complexity index is 717. The number of para-hydroxylation sites is 1. The Kier molecular flexibility index (Phi) is 2.80. The zero-order chi connectivity index (χ0) is 13.4. The van der Waals surface area contributed by atoms with Crippen LogP contribution in [-0.2, 0) is 0 Å². The van der Waals surface area contributed by atoms with Gasteiger partial charge in [-0.05, 0) is 31.2 Å². The summed E-state index contributed by atoms with van der Waals surface area (Å²) in [5.74, 6) is 0.438. The van der Waals surface area contributed by atoms with Gasteiger partial charge in [-0.25, -0.2) is 9.37 Å². The van der Waals surface area contributed by atoms with Gasteiger partial charge in [0.1, 0.15) is 11.6 Å². The third-order valence-electron chi connectivity index (χ3n) is 3.06. The number of hydrogen-bond donors (Lipinski definition) is 1. The van der Waals surface area contributed by atoms with Gasteiger partial charge >= 0.3 is 0 Å². The van der Waals surface area contributed by atoms with Crippen molar-refractivity contribution in [2.45, 2.75) is 13.0 Å². The molecule has 0 saturated carbocycles. The molecule has 19 heavy (non-hydrogen) atoms. The SMILES string of the molecule is CC(N)c1nc2cc(F)ccc2n1-c1ccccc1. The number of rotatable bonds is 2. The van der Waals surface area contributed by atoms with E-state index in [1.807, 2.05) is 41.8 Å². The summed E-state index contributed by atoms with van der Waals surface area (Å²) < 4.78 is 15.3. The maximum atomic E-state index is 13.3. The Morgan fingerprint density at radius 1 is 1.16 bits per heavy atom. The molecule has 0 bridgehead atoms. The van der Waals surface area contributed by atoms with Crippen LogP contribution in [0.3, 0.4) is 0 Å². The Labute approximate surface area is 110 Å². The molecule has 2 aromatic carbocycles. The number of hydrogen-bond acceptors (Lipinski definition) is 2. The van der Waals surface area contributed by atoms with Gasteiger partial charge in [0.05, 0.1) is 17.1 Å². The minimum absolute atomic E-state index is 0.226. The molecule has 0 radical (unpaired) electrons. The van der Waals surface area contributed by atoms with Gasteiger partial charge in [-0.3, -0.25) is 4.57 Å². The van der Waals surface area contributed by atoms with E-state index in [-0.39, 0.29) is 11.9 Å². The van der Waals surface area contributed by atoms with Crippen molar-refractivity contribution in [3.8, 4) is 5.69 Å². The van der Waals surface area contributed by atoms with Gasteiger partial charge in [-0.1, -0.05) is 18.2 Å². The second-order valence-electron chi connectivity index (χ2n) is 4.56. The summed E-state index contributed by atoms with van der Waals surface area (Å²) >= 11 is 0. The van der Waals surface area contributed by atoms with Crippen LogP contribution in [0.2, 0.25) is 0 Å². The first-order valence-corrected chi connectivity index (χ1v) is 6.16. The summed E-state index contributed by atoms with van der Waals surface area (Å²) in [6.45, 7) is 1.87. The summed E-state index contributed by atoms with van der Waals surface area (Å²) in [6.07, 6.45) is 0. The van der Waals surface area contributed by atoms with Crippen LogP contribution in [0, 0.1) is 5.82 Å². The standard InChI is InChI=1S/C15H14FN3/c1-10(17)15-18-13-9-11(16)7-8-14(13)19(15)12-5-3-2-4-6-12/h2-10H,17H2,1H3. The molecule has 1 unspecified atom stereocenters. The van der Waals surface area contributed by atoms with Crippen LogP contribution in [-0.4, -0.2) is 9.55 Å². The third kappa shape index (κ3) is 2.00. The molecule has 0 aliphatic heterocycles. The summed E-state index contributed by atoms with van der Waals surface area (Å²) in [5.41, 5.74) is 8.43. The number of fused-ring (bicyclic) bond motifs is 1. The molecule has 0 saturated heterocycles. The predicted octanol–water partition coefficient (Wildman–Crippen LogP) is 3.18. The molecule has 96 valence electrons. The Morgan fingerprint density at radius 2 is 1.89 bits per heavy atom. The average Bonchev–Trinajstić information content (AvgIpc) is 2.78. The molecule has 1 heterocycles. The maximum absolute atomic E-state index is 13.3. The second-order valence-corrected chi connectivity index (χ2v) is 4.56. The molecule has 3 aromatic rings. The highest BCUT2D eigenvalue weighted by molar-refractivity contribution is 5.78. The molecule has 2 N–H and O–H groups in total. The van der Waals surface area contributed by atoms with Crippen LogP contribution in [0.4, 0.5) is 4.39 Å². The van der Waals surface area contributed by atoms with Gasteiger partial charge < -0.3 is 5.73 Å². The monoisotopic (exact) mass is 255 g/mol.